The van der Waals surface area contributed by atoms with Gasteiger partial charge in [0.1, 0.15) is 35.5 Å². The van der Waals surface area contributed by atoms with E-state index in [1.54, 1.807) is 7.11 Å². The van der Waals surface area contributed by atoms with Crippen LogP contribution in [0.1, 0.15) is 10.5 Å². The van der Waals surface area contributed by atoms with E-state index in [1.807, 2.05) is 48.5 Å². The van der Waals surface area contributed by atoms with Crippen molar-refractivity contribution in [2.24, 2.45) is 0 Å². The molecule has 0 aliphatic carbocycles. The van der Waals surface area contributed by atoms with Crippen LogP contribution in [0.15, 0.2) is 53.9 Å². The van der Waals surface area contributed by atoms with Crippen LogP contribution in [0.4, 0.5) is 0 Å². The smallest absolute Gasteiger partial charge is 0.355 e. The molecule has 134 valence electrons. The fourth-order valence-corrected chi connectivity index (χ4v) is 3.02. The molecule has 0 atom stereocenters. The highest BCUT2D eigenvalue weighted by molar-refractivity contribution is 7.13. The van der Waals surface area contributed by atoms with Crippen molar-refractivity contribution in [3.05, 3.63) is 59.6 Å². The molecule has 6 nitrogen and oxygen atoms in total. The molecule has 0 unspecified atom stereocenters. The molecule has 0 saturated carbocycles. The van der Waals surface area contributed by atoms with Gasteiger partial charge in [0, 0.05) is 17.0 Å². The molecule has 0 spiro atoms. The minimum atomic E-state index is -1.03. The molecule has 7 heteroatoms. The highest BCUT2D eigenvalue weighted by Gasteiger charge is 2.10. The second-order valence-electron chi connectivity index (χ2n) is 5.25. The first-order valence-corrected chi connectivity index (χ1v) is 8.72. The van der Waals surface area contributed by atoms with Crippen LogP contribution in [-0.4, -0.2) is 36.4 Å². The average Bonchev–Trinajstić information content (AvgIpc) is 3.16. The van der Waals surface area contributed by atoms with Crippen LogP contribution in [0.25, 0.3) is 10.6 Å². The van der Waals surface area contributed by atoms with Gasteiger partial charge in [-0.15, -0.1) is 11.3 Å². The Hall–Kier alpha value is -3.06. The number of methoxy groups -OCH3 is 1. The molecule has 1 N–H and O–H groups in total. The predicted octanol–water partition coefficient (Wildman–Crippen LogP) is 3.97. The van der Waals surface area contributed by atoms with E-state index >= 15 is 0 Å². The molecule has 1 aromatic heterocycles. The molecule has 0 saturated heterocycles. The lowest BCUT2D eigenvalue weighted by Gasteiger charge is -2.10. The molecule has 3 rings (SSSR count). The lowest BCUT2D eigenvalue weighted by Crippen LogP contribution is -2.09. The van der Waals surface area contributed by atoms with Gasteiger partial charge in [0.05, 0.1) is 7.11 Å². The molecule has 26 heavy (non-hydrogen) atoms. The molecule has 2 aromatic carbocycles. The Morgan fingerprint density at radius 2 is 1.69 bits per heavy atom. The summed E-state index contributed by atoms with van der Waals surface area (Å²) < 4.78 is 16.5. The zero-order valence-electron chi connectivity index (χ0n) is 14.0. The first kappa shape index (κ1) is 17.8. The maximum Gasteiger partial charge on any atom is 0.355 e. The fraction of sp³-hybridized carbons (Fsp3) is 0.158. The second kappa shape index (κ2) is 8.35. The Morgan fingerprint density at radius 1 is 1.04 bits per heavy atom. The molecule has 0 amide bonds. The number of benzene rings is 2. The molecule has 3 aromatic rings. The number of hydrogen-bond acceptors (Lipinski definition) is 6. The topological polar surface area (TPSA) is 77.9 Å². The SMILES string of the molecule is COc1cccc(OCCOc2cccc(-c3nc(C(=O)O)cs3)c2)c1. The number of aromatic nitrogens is 1. The van der Waals surface area contributed by atoms with Crippen LogP contribution in [0.3, 0.4) is 0 Å². The molecule has 0 aliphatic rings. The number of aromatic carboxylic acids is 1. The standard InChI is InChI=1S/C19H17NO5S/c1-23-14-5-3-7-16(11-14)25-9-8-24-15-6-2-4-13(10-15)18-20-17(12-26-18)19(21)22/h2-7,10-12H,8-9H2,1H3,(H,21,22). The van der Waals surface area contributed by atoms with Crippen LogP contribution in [0.2, 0.25) is 0 Å². The molecule has 0 fully saturated rings. The summed E-state index contributed by atoms with van der Waals surface area (Å²) in [5.41, 5.74) is 0.858. The van der Waals surface area contributed by atoms with Crippen molar-refractivity contribution < 1.29 is 24.1 Å². The van der Waals surface area contributed by atoms with Gasteiger partial charge in [-0.2, -0.15) is 0 Å². The average molecular weight is 371 g/mol. The summed E-state index contributed by atoms with van der Waals surface area (Å²) in [7, 11) is 1.61. The van der Waals surface area contributed by atoms with E-state index in [4.69, 9.17) is 19.3 Å². The van der Waals surface area contributed by atoms with Crippen molar-refractivity contribution in [1.82, 2.24) is 4.98 Å². The maximum absolute atomic E-state index is 10.9. The van der Waals surface area contributed by atoms with Gasteiger partial charge >= 0.3 is 5.97 Å². The second-order valence-corrected chi connectivity index (χ2v) is 6.10. The van der Waals surface area contributed by atoms with Crippen LogP contribution >= 0.6 is 11.3 Å². The Morgan fingerprint density at radius 3 is 2.35 bits per heavy atom. The predicted molar refractivity (Wildman–Crippen MR) is 98.5 cm³/mol. The van der Waals surface area contributed by atoms with E-state index in [9.17, 15) is 4.79 Å². The van der Waals surface area contributed by atoms with Gasteiger partial charge in [-0.05, 0) is 24.3 Å². The molecule has 1 heterocycles. The van der Waals surface area contributed by atoms with Crippen LogP contribution in [0.5, 0.6) is 17.2 Å². The number of rotatable bonds is 8. The molecular weight excluding hydrogens is 354 g/mol. The largest absolute Gasteiger partial charge is 0.497 e. The normalized spacial score (nSPS) is 10.3. The van der Waals surface area contributed by atoms with Gasteiger partial charge in [0.25, 0.3) is 0 Å². The van der Waals surface area contributed by atoms with Crippen LogP contribution in [-0.2, 0) is 0 Å². The fourth-order valence-electron chi connectivity index (χ4n) is 2.23. The van der Waals surface area contributed by atoms with E-state index in [2.05, 4.69) is 4.98 Å². The lowest BCUT2D eigenvalue weighted by molar-refractivity contribution is 0.0691. The number of nitrogens with zero attached hydrogens (tertiary/aromatic N) is 1. The highest BCUT2D eigenvalue weighted by atomic mass is 32.1. The number of carboxylic acids is 1. The summed E-state index contributed by atoms with van der Waals surface area (Å²) in [5, 5.41) is 11.1. The van der Waals surface area contributed by atoms with Gasteiger partial charge in [0.15, 0.2) is 5.69 Å². The number of ether oxygens (including phenoxy) is 3. The lowest BCUT2D eigenvalue weighted by atomic mass is 10.2. The molecule has 0 bridgehead atoms. The van der Waals surface area contributed by atoms with Gasteiger partial charge < -0.3 is 19.3 Å². The van der Waals surface area contributed by atoms with E-state index in [0.717, 1.165) is 11.3 Å². The Labute approximate surface area is 154 Å². The Balaban J connectivity index is 1.56. The van der Waals surface area contributed by atoms with Gasteiger partial charge in [-0.25, -0.2) is 9.78 Å². The van der Waals surface area contributed by atoms with Gasteiger partial charge in [-0.1, -0.05) is 18.2 Å². The molecule has 0 radical (unpaired) electrons. The third kappa shape index (κ3) is 4.52. The van der Waals surface area contributed by atoms with E-state index in [1.165, 1.54) is 16.7 Å². The quantitative estimate of drug-likeness (QED) is 0.604. The molecule has 0 aliphatic heterocycles. The van der Waals surface area contributed by atoms with Crippen molar-refractivity contribution >= 4 is 17.3 Å². The van der Waals surface area contributed by atoms with Crippen LogP contribution in [0, 0.1) is 0 Å². The zero-order valence-corrected chi connectivity index (χ0v) is 14.9. The van der Waals surface area contributed by atoms with E-state index in [0.29, 0.717) is 29.7 Å². The third-order valence-corrected chi connectivity index (χ3v) is 4.36. The number of carboxylic acid groups (broad SMARTS) is 1. The summed E-state index contributed by atoms with van der Waals surface area (Å²) in [6.07, 6.45) is 0. The van der Waals surface area contributed by atoms with Gasteiger partial charge in [0.2, 0.25) is 0 Å². The highest BCUT2D eigenvalue weighted by Crippen LogP contribution is 2.27. The summed E-state index contributed by atoms with van der Waals surface area (Å²) >= 11 is 1.28. The number of thiazole rings is 1. The summed E-state index contributed by atoms with van der Waals surface area (Å²) in [4.78, 5) is 15.0. The minimum Gasteiger partial charge on any atom is -0.497 e. The van der Waals surface area contributed by atoms with Crippen LogP contribution < -0.4 is 14.2 Å². The van der Waals surface area contributed by atoms with Crippen molar-refractivity contribution in [3.8, 4) is 27.8 Å². The van der Waals surface area contributed by atoms with Gasteiger partial charge in [-0.3, -0.25) is 0 Å². The summed E-state index contributed by atoms with van der Waals surface area (Å²) in [6, 6.07) is 14.7. The van der Waals surface area contributed by atoms with E-state index in [-0.39, 0.29) is 5.69 Å². The Kier molecular flexibility index (Phi) is 5.70. The minimum absolute atomic E-state index is 0.0445. The van der Waals surface area contributed by atoms with Crippen molar-refractivity contribution in [1.29, 1.82) is 0 Å². The zero-order chi connectivity index (χ0) is 18.4. The molecular formula is C19H17NO5S. The van der Waals surface area contributed by atoms with Crippen molar-refractivity contribution in [2.45, 2.75) is 0 Å². The van der Waals surface area contributed by atoms with E-state index < -0.39 is 5.97 Å². The number of hydrogen-bond donors (Lipinski definition) is 1. The summed E-state index contributed by atoms with van der Waals surface area (Å²) in [6.45, 7) is 0.761. The monoisotopic (exact) mass is 371 g/mol. The van der Waals surface area contributed by atoms with Crippen molar-refractivity contribution in [3.63, 3.8) is 0 Å². The first-order valence-electron chi connectivity index (χ1n) is 7.84. The summed E-state index contributed by atoms with van der Waals surface area (Å²) in [5.74, 6) is 1.09. The van der Waals surface area contributed by atoms with Crippen molar-refractivity contribution in [2.75, 3.05) is 20.3 Å². The number of carbonyl (C=O) groups is 1. The first-order chi connectivity index (χ1) is 12.7. The Bertz CT molecular complexity index is 893. The third-order valence-electron chi connectivity index (χ3n) is 3.47. The maximum atomic E-state index is 10.9.